The third kappa shape index (κ3) is 3.12. The van der Waals surface area contributed by atoms with Crippen LogP contribution in [0.5, 0.6) is 0 Å². The van der Waals surface area contributed by atoms with Gasteiger partial charge >= 0.3 is 6.03 Å². The Hall–Kier alpha value is -2.61. The van der Waals surface area contributed by atoms with Crippen LogP contribution >= 0.6 is 0 Å². The molecule has 1 fully saturated rings. The molecule has 1 aromatic carbocycles. The van der Waals surface area contributed by atoms with Gasteiger partial charge in [-0.2, -0.15) is 0 Å². The first-order valence-corrected chi connectivity index (χ1v) is 9.06. The zero-order valence-electron chi connectivity index (χ0n) is 14.8. The lowest BCUT2D eigenvalue weighted by molar-refractivity contribution is -0.123. The lowest BCUT2D eigenvalue weighted by Crippen LogP contribution is -2.50. The number of imidazole rings is 1. The Labute approximate surface area is 151 Å². The lowest BCUT2D eigenvalue weighted by Gasteiger charge is -2.20. The number of fused-ring (bicyclic) bond motifs is 3. The number of rotatable bonds is 4. The summed E-state index contributed by atoms with van der Waals surface area (Å²) in [7, 11) is 0. The van der Waals surface area contributed by atoms with Crippen molar-refractivity contribution in [3.05, 3.63) is 24.3 Å². The van der Waals surface area contributed by atoms with E-state index in [2.05, 4.69) is 15.6 Å². The average Bonchev–Trinajstić information content (AvgIpc) is 3.35. The van der Waals surface area contributed by atoms with Gasteiger partial charge in [-0.1, -0.05) is 12.1 Å². The topological polar surface area (TPSA) is 88.5 Å². The van der Waals surface area contributed by atoms with Gasteiger partial charge in [0.05, 0.1) is 17.1 Å². The van der Waals surface area contributed by atoms with Crippen molar-refractivity contribution in [3.63, 3.8) is 0 Å². The fraction of sp³-hybridized carbons (Fsp3) is 0.500. The van der Waals surface area contributed by atoms with Gasteiger partial charge in [-0.3, -0.25) is 9.69 Å². The normalized spacial score (nSPS) is 20.2. The molecule has 2 aromatic rings. The fourth-order valence-corrected chi connectivity index (χ4v) is 3.48. The molecule has 0 saturated carbocycles. The minimum absolute atomic E-state index is 0.0836. The first-order chi connectivity index (χ1) is 12.6. The molecule has 0 unspecified atom stereocenters. The monoisotopic (exact) mass is 357 g/mol. The van der Waals surface area contributed by atoms with Crippen molar-refractivity contribution in [1.29, 1.82) is 0 Å². The van der Waals surface area contributed by atoms with Gasteiger partial charge in [0.25, 0.3) is 0 Å². The molecule has 1 saturated heterocycles. The van der Waals surface area contributed by atoms with Crippen molar-refractivity contribution in [3.8, 4) is 0 Å². The second-order valence-electron chi connectivity index (χ2n) is 6.76. The van der Waals surface area contributed by atoms with Crippen molar-refractivity contribution >= 4 is 28.9 Å². The van der Waals surface area contributed by atoms with E-state index in [1.807, 2.05) is 28.8 Å². The number of nitrogens with zero attached hydrogens (tertiary/aromatic N) is 3. The molecule has 8 nitrogen and oxygen atoms in total. The van der Waals surface area contributed by atoms with Gasteiger partial charge in [-0.15, -0.1) is 0 Å². The summed E-state index contributed by atoms with van der Waals surface area (Å²) in [5, 5.41) is 5.61. The van der Waals surface area contributed by atoms with Crippen LogP contribution in [0.15, 0.2) is 24.3 Å². The molecule has 3 heterocycles. The Morgan fingerprint density at radius 1 is 1.35 bits per heavy atom. The number of benzene rings is 1. The Balaban J connectivity index is 1.37. The van der Waals surface area contributed by atoms with E-state index in [0.717, 1.165) is 30.5 Å². The van der Waals surface area contributed by atoms with E-state index in [9.17, 15) is 9.59 Å². The third-order valence-corrected chi connectivity index (χ3v) is 4.93. The summed E-state index contributed by atoms with van der Waals surface area (Å²) in [6, 6.07) is 6.88. The molecule has 138 valence electrons. The molecular weight excluding hydrogens is 334 g/mol. The number of amides is 3. The molecule has 1 aromatic heterocycles. The first kappa shape index (κ1) is 16.8. The molecule has 2 N–H and O–H groups in total. The summed E-state index contributed by atoms with van der Waals surface area (Å²) in [5.41, 5.74) is 1.88. The van der Waals surface area contributed by atoms with Crippen LogP contribution in [0.4, 0.5) is 10.7 Å². The van der Waals surface area contributed by atoms with Crippen LogP contribution in [0, 0.1) is 0 Å². The Morgan fingerprint density at radius 2 is 2.19 bits per heavy atom. The fourth-order valence-electron chi connectivity index (χ4n) is 3.48. The van der Waals surface area contributed by atoms with Crippen LogP contribution in [0.25, 0.3) is 11.0 Å². The summed E-state index contributed by atoms with van der Waals surface area (Å²) >= 11 is 0. The van der Waals surface area contributed by atoms with Gasteiger partial charge in [0, 0.05) is 26.2 Å². The SMILES string of the molecule is C[C@H](NC(=O)N1CCn2c1nc1ccccc12)C(=O)NC[C@@H]1CCCO1. The predicted molar refractivity (Wildman–Crippen MR) is 97.1 cm³/mol. The van der Waals surface area contributed by atoms with Gasteiger partial charge in [0.15, 0.2) is 0 Å². The molecule has 8 heteroatoms. The zero-order valence-corrected chi connectivity index (χ0v) is 14.8. The Bertz CT molecular complexity index is 827. The van der Waals surface area contributed by atoms with Crippen LogP contribution in [-0.4, -0.2) is 53.3 Å². The molecule has 0 radical (unpaired) electrons. The molecule has 2 aliphatic heterocycles. The minimum Gasteiger partial charge on any atom is -0.376 e. The molecular formula is C18H23N5O3. The molecule has 0 aliphatic carbocycles. The first-order valence-electron chi connectivity index (χ1n) is 9.06. The second-order valence-corrected chi connectivity index (χ2v) is 6.76. The van der Waals surface area contributed by atoms with E-state index >= 15 is 0 Å². The highest BCUT2D eigenvalue weighted by Crippen LogP contribution is 2.27. The van der Waals surface area contributed by atoms with Gasteiger partial charge in [0.1, 0.15) is 6.04 Å². The third-order valence-electron chi connectivity index (χ3n) is 4.93. The predicted octanol–water partition coefficient (Wildman–Crippen LogP) is 1.25. The number of hydrogen-bond acceptors (Lipinski definition) is 4. The van der Waals surface area contributed by atoms with Crippen LogP contribution in [0.2, 0.25) is 0 Å². The van der Waals surface area contributed by atoms with Crippen LogP contribution in [0.3, 0.4) is 0 Å². The number of ether oxygens (including phenoxy) is 1. The zero-order chi connectivity index (χ0) is 18.1. The largest absolute Gasteiger partial charge is 0.376 e. The van der Waals surface area contributed by atoms with Crippen LogP contribution < -0.4 is 15.5 Å². The standard InChI is InChI=1S/C18H23N5O3/c1-12(16(24)19-11-13-5-4-10-26-13)20-18(25)23-9-8-22-15-7-3-2-6-14(15)21-17(22)23/h2-3,6-7,12-13H,4-5,8-11H2,1H3,(H,19,24)(H,20,25)/t12-,13-/m0/s1. The maximum absolute atomic E-state index is 12.6. The maximum Gasteiger partial charge on any atom is 0.324 e. The Morgan fingerprint density at radius 3 is 3.00 bits per heavy atom. The number of hydrogen-bond donors (Lipinski definition) is 2. The van der Waals surface area contributed by atoms with E-state index in [0.29, 0.717) is 25.6 Å². The Kier molecular flexibility index (Phi) is 4.50. The molecule has 2 atom stereocenters. The molecule has 2 aliphatic rings. The highest BCUT2D eigenvalue weighted by Gasteiger charge is 2.30. The quantitative estimate of drug-likeness (QED) is 0.862. The van der Waals surface area contributed by atoms with E-state index in [1.54, 1.807) is 11.8 Å². The summed E-state index contributed by atoms with van der Waals surface area (Å²) in [4.78, 5) is 31.0. The van der Waals surface area contributed by atoms with Gasteiger partial charge in [0.2, 0.25) is 11.9 Å². The summed E-state index contributed by atoms with van der Waals surface area (Å²) < 4.78 is 7.52. The number of para-hydroxylation sites is 2. The van der Waals surface area contributed by atoms with Crippen LogP contribution in [0.1, 0.15) is 19.8 Å². The average molecular weight is 357 g/mol. The molecule has 0 spiro atoms. The lowest BCUT2D eigenvalue weighted by atomic mass is 10.2. The second kappa shape index (κ2) is 6.95. The minimum atomic E-state index is -0.623. The number of carbonyl (C=O) groups is 2. The van der Waals surface area contributed by atoms with Crippen molar-refractivity contribution in [2.24, 2.45) is 0 Å². The highest BCUT2D eigenvalue weighted by molar-refractivity contribution is 5.96. The number of urea groups is 1. The molecule has 26 heavy (non-hydrogen) atoms. The van der Waals surface area contributed by atoms with Gasteiger partial charge in [-0.25, -0.2) is 9.78 Å². The van der Waals surface area contributed by atoms with Crippen molar-refractivity contribution < 1.29 is 14.3 Å². The van der Waals surface area contributed by atoms with Crippen molar-refractivity contribution in [2.75, 3.05) is 24.6 Å². The molecule has 0 bridgehead atoms. The van der Waals surface area contributed by atoms with E-state index < -0.39 is 6.04 Å². The van der Waals surface area contributed by atoms with E-state index in [-0.39, 0.29) is 18.0 Å². The van der Waals surface area contributed by atoms with E-state index in [4.69, 9.17) is 4.74 Å². The molecule has 4 rings (SSSR count). The van der Waals surface area contributed by atoms with E-state index in [1.165, 1.54) is 0 Å². The number of aromatic nitrogens is 2. The smallest absolute Gasteiger partial charge is 0.324 e. The highest BCUT2D eigenvalue weighted by atomic mass is 16.5. The van der Waals surface area contributed by atoms with Crippen molar-refractivity contribution in [1.82, 2.24) is 20.2 Å². The van der Waals surface area contributed by atoms with Crippen molar-refractivity contribution in [2.45, 2.75) is 38.5 Å². The summed E-state index contributed by atoms with van der Waals surface area (Å²) in [6.45, 7) is 4.16. The van der Waals surface area contributed by atoms with Crippen LogP contribution in [-0.2, 0) is 16.1 Å². The van der Waals surface area contributed by atoms with Gasteiger partial charge < -0.3 is 19.9 Å². The number of carbonyl (C=O) groups excluding carboxylic acids is 2. The maximum atomic E-state index is 12.6. The summed E-state index contributed by atoms with van der Waals surface area (Å²) in [6.07, 6.45) is 2.08. The molecule has 3 amide bonds. The summed E-state index contributed by atoms with van der Waals surface area (Å²) in [5.74, 6) is 0.414. The number of anilines is 1. The number of nitrogens with one attached hydrogen (secondary N) is 2. The van der Waals surface area contributed by atoms with Gasteiger partial charge in [-0.05, 0) is 31.9 Å².